The number of sulfonamides is 1. The second kappa shape index (κ2) is 5.05. The molecule has 2 rings (SSSR count). The Kier molecular flexibility index (Phi) is 3.65. The van der Waals surface area contributed by atoms with Crippen LogP contribution in [0, 0.1) is 5.82 Å². The molecule has 0 spiro atoms. The lowest BCUT2D eigenvalue weighted by Gasteiger charge is -2.04. The molecule has 1 aromatic heterocycles. The molecule has 18 heavy (non-hydrogen) atoms. The van der Waals surface area contributed by atoms with Gasteiger partial charge in [-0.1, -0.05) is 12.1 Å². The molecule has 0 bridgehead atoms. The van der Waals surface area contributed by atoms with Crippen LogP contribution in [0.2, 0.25) is 0 Å². The molecule has 0 fully saturated rings. The van der Waals surface area contributed by atoms with E-state index >= 15 is 0 Å². The maximum absolute atomic E-state index is 12.9. The average molecular weight is 286 g/mol. The third kappa shape index (κ3) is 3.06. The van der Waals surface area contributed by atoms with E-state index in [2.05, 4.69) is 4.72 Å². The monoisotopic (exact) mass is 286 g/mol. The number of hydrogen-bond donors (Lipinski definition) is 2. The van der Waals surface area contributed by atoms with Crippen LogP contribution in [0.15, 0.2) is 39.9 Å². The van der Waals surface area contributed by atoms with E-state index in [9.17, 15) is 12.8 Å². The van der Waals surface area contributed by atoms with Crippen LogP contribution in [-0.2, 0) is 16.6 Å². The molecule has 0 unspecified atom stereocenters. The number of nitrogens with one attached hydrogen (secondary N) is 1. The van der Waals surface area contributed by atoms with Gasteiger partial charge in [0.05, 0.1) is 0 Å². The van der Waals surface area contributed by atoms with Gasteiger partial charge in [0.15, 0.2) is 0 Å². The fraction of sp³-hybridized carbons (Fsp3) is 0.0909. The molecule has 0 saturated carbocycles. The van der Waals surface area contributed by atoms with Gasteiger partial charge in [-0.2, -0.15) is 0 Å². The second-order valence-corrected chi connectivity index (χ2v) is 6.56. The summed E-state index contributed by atoms with van der Waals surface area (Å²) < 4.78 is 39.2. The predicted molar refractivity (Wildman–Crippen MR) is 69.2 cm³/mol. The van der Waals surface area contributed by atoms with Gasteiger partial charge in [-0.05, 0) is 23.8 Å². The van der Waals surface area contributed by atoms with E-state index in [4.69, 9.17) is 5.73 Å². The molecule has 96 valence electrons. The van der Waals surface area contributed by atoms with Gasteiger partial charge < -0.3 is 5.73 Å². The molecule has 0 aliphatic heterocycles. The summed E-state index contributed by atoms with van der Waals surface area (Å²) in [6.07, 6.45) is 0. The minimum absolute atomic E-state index is 0.0396. The SMILES string of the molecule is Nc1csc(S(=O)(=O)NCc2cccc(F)c2)c1. The van der Waals surface area contributed by atoms with Crippen molar-refractivity contribution < 1.29 is 12.8 Å². The number of nitrogens with two attached hydrogens (primary N) is 1. The fourth-order valence-electron chi connectivity index (χ4n) is 1.37. The van der Waals surface area contributed by atoms with Crippen molar-refractivity contribution in [3.8, 4) is 0 Å². The molecule has 0 atom stereocenters. The number of nitrogen functional groups attached to an aromatic ring is 1. The molecule has 1 aromatic carbocycles. The first-order chi connectivity index (χ1) is 8.47. The predicted octanol–water partition coefficient (Wildman–Crippen LogP) is 1.95. The van der Waals surface area contributed by atoms with Gasteiger partial charge in [0.1, 0.15) is 10.0 Å². The van der Waals surface area contributed by atoms with Crippen LogP contribution in [0.5, 0.6) is 0 Å². The molecule has 0 saturated heterocycles. The smallest absolute Gasteiger partial charge is 0.250 e. The van der Waals surface area contributed by atoms with Crippen molar-refractivity contribution >= 4 is 27.0 Å². The summed E-state index contributed by atoms with van der Waals surface area (Å²) in [5.74, 6) is -0.396. The van der Waals surface area contributed by atoms with E-state index in [0.717, 1.165) is 11.3 Å². The lowest BCUT2D eigenvalue weighted by atomic mass is 10.2. The van der Waals surface area contributed by atoms with Gasteiger partial charge in [0.2, 0.25) is 10.0 Å². The number of anilines is 1. The highest BCUT2D eigenvalue weighted by Gasteiger charge is 2.15. The van der Waals surface area contributed by atoms with E-state index in [0.29, 0.717) is 11.3 Å². The third-order valence-electron chi connectivity index (χ3n) is 2.22. The molecular formula is C11H11FN2O2S2. The maximum atomic E-state index is 12.9. The van der Waals surface area contributed by atoms with Gasteiger partial charge in [-0.3, -0.25) is 0 Å². The summed E-state index contributed by atoms with van der Waals surface area (Å²) >= 11 is 1.05. The lowest BCUT2D eigenvalue weighted by molar-refractivity contribution is 0.582. The molecule has 2 aromatic rings. The molecule has 0 aliphatic carbocycles. The standard InChI is InChI=1S/C11H11FN2O2S2/c12-9-3-1-2-8(4-9)6-14-18(15,16)11-5-10(13)7-17-11/h1-5,7,14H,6,13H2. The second-order valence-electron chi connectivity index (χ2n) is 3.65. The van der Waals surface area contributed by atoms with Crippen molar-refractivity contribution in [1.82, 2.24) is 4.72 Å². The Labute approximate surface area is 108 Å². The summed E-state index contributed by atoms with van der Waals surface area (Å²) in [6, 6.07) is 7.15. The quantitative estimate of drug-likeness (QED) is 0.902. The minimum atomic E-state index is -3.58. The number of rotatable bonds is 4. The van der Waals surface area contributed by atoms with Crippen molar-refractivity contribution in [2.75, 3.05) is 5.73 Å². The summed E-state index contributed by atoms with van der Waals surface area (Å²) in [5.41, 5.74) is 6.44. The first-order valence-electron chi connectivity index (χ1n) is 5.05. The number of thiophene rings is 1. The Morgan fingerprint density at radius 2 is 2.11 bits per heavy atom. The van der Waals surface area contributed by atoms with Crippen molar-refractivity contribution in [3.63, 3.8) is 0 Å². The molecule has 0 radical (unpaired) electrons. The number of hydrogen-bond acceptors (Lipinski definition) is 4. The first kappa shape index (κ1) is 13.0. The van der Waals surface area contributed by atoms with Crippen LogP contribution >= 0.6 is 11.3 Å². The third-order valence-corrected chi connectivity index (χ3v) is 5.07. The highest BCUT2D eigenvalue weighted by molar-refractivity contribution is 7.91. The van der Waals surface area contributed by atoms with E-state index in [1.807, 2.05) is 0 Å². The Balaban J connectivity index is 2.10. The first-order valence-corrected chi connectivity index (χ1v) is 7.42. The van der Waals surface area contributed by atoms with Crippen LogP contribution in [-0.4, -0.2) is 8.42 Å². The lowest BCUT2D eigenvalue weighted by Crippen LogP contribution is -2.22. The van der Waals surface area contributed by atoms with E-state index in [-0.39, 0.29) is 10.8 Å². The van der Waals surface area contributed by atoms with Crippen LogP contribution in [0.25, 0.3) is 0 Å². The normalized spacial score (nSPS) is 11.6. The van der Waals surface area contributed by atoms with Gasteiger partial charge >= 0.3 is 0 Å². The van der Waals surface area contributed by atoms with Gasteiger partial charge in [-0.15, -0.1) is 11.3 Å². The minimum Gasteiger partial charge on any atom is -0.398 e. The van der Waals surface area contributed by atoms with E-state index < -0.39 is 15.8 Å². The maximum Gasteiger partial charge on any atom is 0.250 e. The zero-order valence-electron chi connectivity index (χ0n) is 9.26. The Bertz CT molecular complexity index is 653. The van der Waals surface area contributed by atoms with Crippen molar-refractivity contribution in [3.05, 3.63) is 47.1 Å². The number of benzene rings is 1. The molecule has 0 amide bonds. The molecule has 3 N–H and O–H groups in total. The Hall–Kier alpha value is -1.44. The summed E-state index contributed by atoms with van der Waals surface area (Å²) in [7, 11) is -3.58. The topological polar surface area (TPSA) is 72.2 Å². The fourth-order valence-corrected chi connectivity index (χ4v) is 3.51. The van der Waals surface area contributed by atoms with Gasteiger partial charge in [0.25, 0.3) is 0 Å². The molecule has 4 nitrogen and oxygen atoms in total. The largest absolute Gasteiger partial charge is 0.398 e. The van der Waals surface area contributed by atoms with Gasteiger partial charge in [-0.25, -0.2) is 17.5 Å². The Morgan fingerprint density at radius 1 is 1.33 bits per heavy atom. The molecule has 7 heteroatoms. The van der Waals surface area contributed by atoms with Crippen molar-refractivity contribution in [2.24, 2.45) is 0 Å². The Morgan fingerprint density at radius 3 is 2.72 bits per heavy atom. The van der Waals surface area contributed by atoms with Crippen molar-refractivity contribution in [2.45, 2.75) is 10.8 Å². The van der Waals surface area contributed by atoms with Crippen LogP contribution in [0.3, 0.4) is 0 Å². The van der Waals surface area contributed by atoms with Crippen molar-refractivity contribution in [1.29, 1.82) is 0 Å². The van der Waals surface area contributed by atoms with Crippen LogP contribution < -0.4 is 10.5 Å². The highest BCUT2D eigenvalue weighted by Crippen LogP contribution is 2.21. The summed E-state index contributed by atoms with van der Waals surface area (Å²) in [5, 5.41) is 1.55. The zero-order chi connectivity index (χ0) is 13.2. The van der Waals surface area contributed by atoms with Crippen LogP contribution in [0.1, 0.15) is 5.56 Å². The van der Waals surface area contributed by atoms with Gasteiger partial charge in [0, 0.05) is 17.6 Å². The summed E-state index contributed by atoms with van der Waals surface area (Å²) in [4.78, 5) is 0. The highest BCUT2D eigenvalue weighted by atomic mass is 32.2. The van der Waals surface area contributed by atoms with Crippen LogP contribution in [0.4, 0.5) is 10.1 Å². The average Bonchev–Trinajstić information content (AvgIpc) is 2.74. The molecular weight excluding hydrogens is 275 g/mol. The summed E-state index contributed by atoms with van der Waals surface area (Å²) in [6.45, 7) is 0.0396. The number of halogens is 1. The van der Waals surface area contributed by atoms with E-state index in [1.54, 1.807) is 11.4 Å². The molecule has 1 heterocycles. The zero-order valence-corrected chi connectivity index (χ0v) is 10.9. The van der Waals surface area contributed by atoms with E-state index in [1.165, 1.54) is 24.3 Å². The molecule has 0 aliphatic rings.